The van der Waals surface area contributed by atoms with Crippen LogP contribution >= 0.6 is 0 Å². The summed E-state index contributed by atoms with van der Waals surface area (Å²) in [6.07, 6.45) is 20.8. The van der Waals surface area contributed by atoms with Crippen molar-refractivity contribution in [2.45, 2.75) is 213 Å². The molecule has 0 unspecified atom stereocenters. The highest BCUT2D eigenvalue weighted by atomic mass is 16.5. The Kier molecular flexibility index (Phi) is 16.7. The summed E-state index contributed by atoms with van der Waals surface area (Å²) in [6, 6.07) is 0.439. The van der Waals surface area contributed by atoms with Crippen LogP contribution in [0.2, 0.25) is 0 Å². The van der Waals surface area contributed by atoms with Gasteiger partial charge in [-0.05, 0) is 135 Å². The number of hydroxylamine groups is 6. The standard InChI is InChI=1S/C15H29NO2.C12H24N2O.C12H23NO2/c1-6-7-8-9-10-18-13-11-14(2,3)16(17)15(4,5)12-13;1-6-7-13-10-8-11(2,3)14(15)12(4,5)9-10;1-6-7-15-10-8-11(2,3)13(14)12(4,5)9-10/h9-10,13,17H,6-8,11-12H2,1-5H3;6-7,10,13,15H,8-9H2,1-5H3;6-7,10,14H,8-9H2,1-5H3. The molecule has 3 heterocycles. The molecule has 3 rings (SSSR count). The van der Waals surface area contributed by atoms with E-state index in [9.17, 15) is 15.6 Å². The predicted octanol–water partition coefficient (Wildman–Crippen LogP) is 9.59. The molecule has 9 heteroatoms. The molecule has 48 heavy (non-hydrogen) atoms. The molecule has 3 saturated heterocycles. The molecular weight excluding hydrogens is 604 g/mol. The lowest BCUT2D eigenvalue weighted by Gasteiger charge is -2.51. The van der Waals surface area contributed by atoms with Crippen molar-refractivity contribution in [2.75, 3.05) is 0 Å². The maximum atomic E-state index is 10.2. The van der Waals surface area contributed by atoms with Crippen molar-refractivity contribution in [3.05, 3.63) is 37.0 Å². The largest absolute Gasteiger partial charge is 0.498 e. The molecule has 9 nitrogen and oxygen atoms in total. The summed E-state index contributed by atoms with van der Waals surface area (Å²) in [4.78, 5) is 0. The number of nitrogens with one attached hydrogen (secondary N) is 1. The normalized spacial score (nSPS) is 26.1. The maximum Gasteiger partial charge on any atom is 0.101 e. The van der Waals surface area contributed by atoms with Gasteiger partial charge in [0.15, 0.2) is 0 Å². The van der Waals surface area contributed by atoms with Gasteiger partial charge in [0, 0.05) is 65.0 Å². The molecule has 0 bridgehead atoms. The Balaban J connectivity index is 0.000000362. The minimum Gasteiger partial charge on any atom is -0.498 e. The number of nitrogens with zero attached hydrogens (tertiary/aromatic N) is 3. The molecule has 0 spiro atoms. The summed E-state index contributed by atoms with van der Waals surface area (Å²) < 4.78 is 11.5. The van der Waals surface area contributed by atoms with E-state index in [1.165, 1.54) is 28.0 Å². The van der Waals surface area contributed by atoms with Gasteiger partial charge in [0.1, 0.15) is 12.2 Å². The summed E-state index contributed by atoms with van der Waals surface area (Å²) in [7, 11) is 0. The quantitative estimate of drug-likeness (QED) is 0.140. The number of hydrogen-bond donors (Lipinski definition) is 4. The second-order valence-electron chi connectivity index (χ2n) is 17.9. The number of rotatable bonds is 9. The first-order chi connectivity index (χ1) is 21.9. The molecule has 0 aliphatic carbocycles. The van der Waals surface area contributed by atoms with E-state index in [0.29, 0.717) is 6.04 Å². The number of unbranched alkanes of at least 4 members (excludes halogenated alkanes) is 2. The van der Waals surface area contributed by atoms with Crippen LogP contribution in [0.1, 0.15) is 162 Å². The Bertz CT molecular complexity index is 927. The van der Waals surface area contributed by atoms with E-state index in [1.807, 2.05) is 66.2 Å². The fraction of sp³-hybridized carbons (Fsp3) is 0.846. The van der Waals surface area contributed by atoms with Crippen LogP contribution in [0.4, 0.5) is 0 Å². The van der Waals surface area contributed by atoms with Crippen molar-refractivity contribution in [2.24, 2.45) is 0 Å². The van der Waals surface area contributed by atoms with Gasteiger partial charge < -0.3 is 30.4 Å². The van der Waals surface area contributed by atoms with E-state index in [1.54, 1.807) is 6.26 Å². The van der Waals surface area contributed by atoms with Crippen molar-refractivity contribution in [3.63, 3.8) is 0 Å². The lowest BCUT2D eigenvalue weighted by atomic mass is 9.79. The van der Waals surface area contributed by atoms with Crippen LogP contribution in [0.15, 0.2) is 37.0 Å². The Labute approximate surface area is 295 Å². The lowest BCUT2D eigenvalue weighted by Crippen LogP contribution is -2.62. The van der Waals surface area contributed by atoms with E-state index in [4.69, 9.17) is 9.47 Å². The van der Waals surface area contributed by atoms with Crippen molar-refractivity contribution < 1.29 is 25.1 Å². The summed E-state index contributed by atoms with van der Waals surface area (Å²) in [5, 5.41) is 38.2. The van der Waals surface area contributed by atoms with Crippen molar-refractivity contribution >= 4 is 0 Å². The molecule has 3 aliphatic heterocycles. The molecule has 0 atom stereocenters. The number of ether oxygens (including phenoxy) is 2. The van der Waals surface area contributed by atoms with Crippen LogP contribution in [0.3, 0.4) is 0 Å². The molecule has 0 aromatic rings. The number of piperidine rings is 3. The van der Waals surface area contributed by atoms with E-state index in [-0.39, 0.29) is 45.4 Å². The molecule has 0 amide bonds. The highest BCUT2D eigenvalue weighted by molar-refractivity contribution is 5.01. The molecule has 4 N–H and O–H groups in total. The molecule has 282 valence electrons. The highest BCUT2D eigenvalue weighted by Gasteiger charge is 2.47. The smallest absolute Gasteiger partial charge is 0.101 e. The van der Waals surface area contributed by atoms with E-state index < -0.39 is 0 Å². The van der Waals surface area contributed by atoms with Gasteiger partial charge in [-0.3, -0.25) is 0 Å². The first kappa shape index (κ1) is 44.4. The van der Waals surface area contributed by atoms with E-state index >= 15 is 0 Å². The number of allylic oxidation sites excluding steroid dienone is 3. The summed E-state index contributed by atoms with van der Waals surface area (Å²) in [5.74, 6) is 0. The van der Waals surface area contributed by atoms with Gasteiger partial charge in [0.05, 0.1) is 12.5 Å². The van der Waals surface area contributed by atoms with Crippen LogP contribution < -0.4 is 5.32 Å². The Morgan fingerprint density at radius 1 is 0.583 bits per heavy atom. The van der Waals surface area contributed by atoms with Gasteiger partial charge in [-0.2, -0.15) is 15.2 Å². The van der Waals surface area contributed by atoms with Crippen LogP contribution in [0, 0.1) is 0 Å². The topological polar surface area (TPSA) is 101 Å². The maximum absolute atomic E-state index is 10.2. The first-order valence-electron chi connectivity index (χ1n) is 18.3. The van der Waals surface area contributed by atoms with Crippen molar-refractivity contribution in [1.82, 2.24) is 20.5 Å². The molecule has 0 radical (unpaired) electrons. The zero-order valence-corrected chi connectivity index (χ0v) is 33.6. The number of hydrogen-bond acceptors (Lipinski definition) is 9. The molecule has 0 saturated carbocycles. The lowest BCUT2D eigenvalue weighted by molar-refractivity contribution is -0.257. The Hall–Kier alpha value is -1.62. The summed E-state index contributed by atoms with van der Waals surface area (Å²) in [5.41, 5.74) is -1.25. The predicted molar refractivity (Wildman–Crippen MR) is 198 cm³/mol. The fourth-order valence-electron chi connectivity index (χ4n) is 7.92. The van der Waals surface area contributed by atoms with Crippen molar-refractivity contribution in [3.8, 4) is 0 Å². The SMILES string of the molecule is CC=CNC1CC(C)(C)N(O)C(C)(C)C1.CC=COC1CC(C)(C)N(O)C(C)(C)C1.CCCCC=COC1CC(C)(C)N(O)C(C)(C)C1. The van der Waals surface area contributed by atoms with Gasteiger partial charge >= 0.3 is 0 Å². The third-order valence-corrected chi connectivity index (χ3v) is 9.84. The van der Waals surface area contributed by atoms with Gasteiger partial charge in [-0.25, -0.2) is 0 Å². The van der Waals surface area contributed by atoms with Gasteiger partial charge in [0.25, 0.3) is 0 Å². The van der Waals surface area contributed by atoms with Gasteiger partial charge in [-0.15, -0.1) is 0 Å². The second kappa shape index (κ2) is 18.0. The van der Waals surface area contributed by atoms with E-state index in [2.05, 4.69) is 73.7 Å². The van der Waals surface area contributed by atoms with Crippen LogP contribution in [-0.4, -0.2) is 82.3 Å². The monoisotopic (exact) mass is 681 g/mol. The van der Waals surface area contributed by atoms with Gasteiger partial charge in [-0.1, -0.05) is 25.5 Å². The molecular formula is C39H76N4O5. The fourth-order valence-corrected chi connectivity index (χ4v) is 7.92. The third-order valence-electron chi connectivity index (χ3n) is 9.84. The summed E-state index contributed by atoms with van der Waals surface area (Å²) in [6.45, 7) is 30.9. The molecule has 0 aromatic carbocycles. The molecule has 0 aromatic heterocycles. The van der Waals surface area contributed by atoms with Crippen LogP contribution in [-0.2, 0) is 9.47 Å². The molecule has 3 aliphatic rings. The van der Waals surface area contributed by atoms with Crippen LogP contribution in [0.25, 0.3) is 0 Å². The minimum absolute atomic E-state index is 0.166. The summed E-state index contributed by atoms with van der Waals surface area (Å²) >= 11 is 0. The van der Waals surface area contributed by atoms with Gasteiger partial charge in [0.2, 0.25) is 0 Å². The highest BCUT2D eigenvalue weighted by Crippen LogP contribution is 2.39. The third kappa shape index (κ3) is 13.3. The minimum atomic E-state index is -0.232. The Morgan fingerprint density at radius 3 is 1.27 bits per heavy atom. The van der Waals surface area contributed by atoms with Crippen molar-refractivity contribution in [1.29, 1.82) is 0 Å². The zero-order chi connectivity index (χ0) is 37.2. The first-order valence-corrected chi connectivity index (χ1v) is 18.3. The second-order valence-corrected chi connectivity index (χ2v) is 17.9. The Morgan fingerprint density at radius 2 is 0.938 bits per heavy atom. The average molecular weight is 681 g/mol. The van der Waals surface area contributed by atoms with E-state index in [0.717, 1.165) is 44.9 Å². The average Bonchev–Trinajstić information content (AvgIpc) is 2.95. The zero-order valence-electron chi connectivity index (χ0n) is 33.6. The van der Waals surface area contributed by atoms with Crippen LogP contribution in [0.5, 0.6) is 0 Å². The molecule has 3 fully saturated rings.